The Morgan fingerprint density at radius 1 is 0.724 bits per heavy atom. The molecule has 5 unspecified atom stereocenters. The van der Waals surface area contributed by atoms with Gasteiger partial charge in [0.15, 0.2) is 11.9 Å². The number of ether oxygens (including phenoxy) is 10. The first-order valence-electron chi connectivity index (χ1n) is 28.1. The van der Waals surface area contributed by atoms with E-state index < -0.39 is 95.0 Å². The molecule has 2 saturated heterocycles. The van der Waals surface area contributed by atoms with Crippen molar-refractivity contribution in [2.24, 2.45) is 5.92 Å². The molecule has 0 bridgehead atoms. The number of aliphatic hydroxyl groups is 2. The van der Waals surface area contributed by atoms with Gasteiger partial charge in [-0.2, -0.15) is 0 Å². The normalized spacial score (nSPS) is 20.7. The van der Waals surface area contributed by atoms with Gasteiger partial charge in [-0.1, -0.05) is 61.5 Å². The molecule has 4 heterocycles. The van der Waals surface area contributed by atoms with Crippen LogP contribution in [0.2, 0.25) is 0 Å². The molecule has 1 aliphatic carbocycles. The first kappa shape index (κ1) is 61.8. The summed E-state index contributed by atoms with van der Waals surface area (Å²) in [7, 11) is 1.35. The number of thioether (sulfide) groups is 1. The average Bonchev–Trinajstić information content (AvgIpc) is 1.80. The number of hydrogen-bond acceptors (Lipinski definition) is 21. The van der Waals surface area contributed by atoms with Crippen molar-refractivity contribution >= 4 is 65.1 Å². The molecule has 5 aliphatic rings. The minimum absolute atomic E-state index is 0.00597. The van der Waals surface area contributed by atoms with Crippen LogP contribution in [-0.4, -0.2) is 166 Å². The van der Waals surface area contributed by atoms with Gasteiger partial charge < -0.3 is 73.5 Å². The smallest absolute Gasteiger partial charge is 0.407 e. The summed E-state index contributed by atoms with van der Waals surface area (Å²) in [5.74, 6) is -4.46. The third kappa shape index (κ3) is 13.4. The molecule has 1 spiro atoms. The number of rotatable bonds is 24. The summed E-state index contributed by atoms with van der Waals surface area (Å²) in [6.45, 7) is 4.59. The highest BCUT2D eigenvalue weighted by atomic mass is 32.2. The van der Waals surface area contributed by atoms with Crippen LogP contribution in [-0.2, 0) is 67.5 Å². The van der Waals surface area contributed by atoms with E-state index in [0.717, 1.165) is 38.9 Å². The quantitative estimate of drug-likeness (QED) is 0.0248. The predicted octanol–water partition coefficient (Wildman–Crippen LogP) is 4.39. The van der Waals surface area contributed by atoms with Crippen molar-refractivity contribution in [2.45, 2.75) is 74.6 Å². The molecule has 0 aromatic heterocycles. The van der Waals surface area contributed by atoms with Crippen molar-refractivity contribution < 1.29 is 95.9 Å². The van der Waals surface area contributed by atoms with Crippen LogP contribution in [0.15, 0.2) is 103 Å². The highest BCUT2D eigenvalue weighted by Crippen LogP contribution is 2.57. The lowest BCUT2D eigenvalue weighted by Gasteiger charge is -2.40. The molecule has 4 aliphatic heterocycles. The Balaban J connectivity index is 0.753. The predicted molar refractivity (Wildman–Crippen MR) is 308 cm³/mol. The summed E-state index contributed by atoms with van der Waals surface area (Å²) in [6, 6.07) is 28.0. The van der Waals surface area contributed by atoms with Gasteiger partial charge in [-0.05, 0) is 58.7 Å². The number of aliphatic hydroxyl groups excluding tert-OH is 2. The monoisotopic (exact) mass is 1220 g/mol. The van der Waals surface area contributed by atoms with E-state index in [1.54, 1.807) is 25.1 Å². The van der Waals surface area contributed by atoms with E-state index in [2.05, 4.69) is 16.0 Å². The number of imide groups is 1. The van der Waals surface area contributed by atoms with E-state index in [1.807, 2.05) is 48.5 Å². The van der Waals surface area contributed by atoms with Gasteiger partial charge in [0, 0.05) is 86.9 Å². The van der Waals surface area contributed by atoms with Crippen LogP contribution in [0.5, 0.6) is 23.0 Å². The third-order valence-electron chi connectivity index (χ3n) is 15.3. The molecular weight excluding hydrogens is 1150 g/mol. The Kier molecular flexibility index (Phi) is 19.3. The second-order valence-electron chi connectivity index (χ2n) is 21.0. The van der Waals surface area contributed by atoms with Crippen molar-refractivity contribution in [1.29, 1.82) is 0 Å². The Hall–Kier alpha value is -8.27. The number of esters is 3. The fourth-order valence-corrected chi connectivity index (χ4v) is 12.4. The van der Waals surface area contributed by atoms with Crippen LogP contribution in [0.1, 0.15) is 71.3 Å². The zero-order valence-electron chi connectivity index (χ0n) is 47.8. The Morgan fingerprint density at radius 3 is 1.95 bits per heavy atom. The second kappa shape index (κ2) is 27.2. The molecule has 87 heavy (non-hydrogen) atoms. The van der Waals surface area contributed by atoms with Crippen LogP contribution >= 0.6 is 11.8 Å². The summed E-state index contributed by atoms with van der Waals surface area (Å²) in [6.07, 6.45) is -5.08. The zero-order valence-corrected chi connectivity index (χ0v) is 48.6. The van der Waals surface area contributed by atoms with Crippen LogP contribution in [0, 0.1) is 5.92 Å². The Labute approximate surface area is 503 Å². The summed E-state index contributed by atoms with van der Waals surface area (Å²) in [5, 5.41) is 27.4. The Morgan fingerprint density at radius 2 is 1.33 bits per heavy atom. The largest absolute Gasteiger partial charge is 0.456 e. The number of fused-ring (bicyclic) bond motifs is 9. The first-order chi connectivity index (χ1) is 41.9. The fourth-order valence-electron chi connectivity index (χ4n) is 11.2. The van der Waals surface area contributed by atoms with Gasteiger partial charge in [0.1, 0.15) is 48.4 Å². The minimum Gasteiger partial charge on any atom is -0.456 e. The number of nitrogens with one attached hydrogen (secondary N) is 3. The molecular formula is C62H64N4O20S. The van der Waals surface area contributed by atoms with E-state index in [1.165, 1.54) is 57.4 Å². The fraction of sp³-hybridized carbons (Fsp3) is 0.387. The molecule has 10 rings (SSSR count). The van der Waals surface area contributed by atoms with Crippen LogP contribution < -0.4 is 35.1 Å². The van der Waals surface area contributed by atoms with E-state index in [0.29, 0.717) is 16.7 Å². The van der Waals surface area contributed by atoms with Crippen molar-refractivity contribution in [3.8, 4) is 34.1 Å². The van der Waals surface area contributed by atoms with Crippen LogP contribution in [0.4, 0.5) is 10.5 Å². The van der Waals surface area contributed by atoms with E-state index >= 15 is 0 Å². The number of carbonyl (C=O) groups excluding carboxylic acids is 8. The zero-order chi connectivity index (χ0) is 61.5. The molecule has 5 N–H and O–H groups in total. The number of hydrogen-bond donors (Lipinski definition) is 5. The number of carbonyl (C=O) groups is 8. The molecule has 5 aromatic carbocycles. The lowest BCUT2D eigenvalue weighted by Crippen LogP contribution is -2.55. The highest BCUT2D eigenvalue weighted by molar-refractivity contribution is 8.00. The second-order valence-corrected chi connectivity index (χ2v) is 22.3. The highest BCUT2D eigenvalue weighted by Gasteiger charge is 2.54. The molecule has 24 nitrogen and oxygen atoms in total. The molecule has 5 amide bonds. The molecule has 7 atom stereocenters. The van der Waals surface area contributed by atoms with Crippen molar-refractivity contribution in [3.63, 3.8) is 0 Å². The lowest BCUT2D eigenvalue weighted by molar-refractivity contribution is -0.282. The van der Waals surface area contributed by atoms with Gasteiger partial charge in [0.05, 0.1) is 61.7 Å². The summed E-state index contributed by atoms with van der Waals surface area (Å²) in [4.78, 5) is 107. The minimum atomic E-state index is -1.65. The van der Waals surface area contributed by atoms with Gasteiger partial charge >= 0.3 is 24.0 Å². The first-order valence-corrected chi connectivity index (χ1v) is 29.1. The van der Waals surface area contributed by atoms with Gasteiger partial charge in [-0.25, -0.2) is 14.5 Å². The summed E-state index contributed by atoms with van der Waals surface area (Å²) >= 11 is 0.987. The van der Waals surface area contributed by atoms with Crippen LogP contribution in [0.25, 0.3) is 11.1 Å². The molecule has 0 saturated carbocycles. The van der Waals surface area contributed by atoms with Crippen molar-refractivity contribution in [1.82, 2.24) is 16.0 Å². The molecule has 2 fully saturated rings. The summed E-state index contributed by atoms with van der Waals surface area (Å²) < 4.78 is 56.4. The molecule has 458 valence electrons. The summed E-state index contributed by atoms with van der Waals surface area (Å²) in [5.41, 5.74) is 3.57. The van der Waals surface area contributed by atoms with E-state index in [9.17, 15) is 48.6 Å². The van der Waals surface area contributed by atoms with Crippen molar-refractivity contribution in [3.05, 3.63) is 137 Å². The number of alkyl carbamates (subject to hydrolysis) is 1. The van der Waals surface area contributed by atoms with Crippen LogP contribution in [0.3, 0.4) is 0 Å². The number of methoxy groups -OCH3 is 1. The topological polar surface area (TPSA) is 309 Å². The maximum Gasteiger partial charge on any atom is 0.407 e. The lowest BCUT2D eigenvalue weighted by atomic mass is 9.77. The average molecular weight is 1220 g/mol. The molecule has 25 heteroatoms. The van der Waals surface area contributed by atoms with Gasteiger partial charge in [0.25, 0.3) is 0 Å². The molecule has 5 aromatic rings. The number of anilines is 1. The SMILES string of the molecule is CO[C@@H]1OC(COCC(=O)NCCOCCOCCNC(=O)C(CSC2CC(=O)N(c3ccc4c(c3)C(=O)OC43c4ccc(OC(C)=O)cc4Oc4cc(OC(C)=O)ccc43)C2=O)NC(=O)OCC2c3ccccc3-c3ccccc32)[C@@H](C)C(O)C1O. The standard InChI is InChI=1S/C62H64N4O20S/c1-33-51(85-60(77-4)56(72)55(33)71)30-80-31-53(69)63-19-21-78-23-24-79-22-20-64-57(73)48(65-61(76)81-29-44-41-11-7-5-9-39(41)40-10-6-8-12-42(40)44)32-87-52-28-54(70)66(58(52)74)36-13-16-45-43(25-36)59(75)86-62(45)46-17-14-37(82-34(2)67)26-49(46)84-50-27-38(83-35(3)68)15-18-47(50)62/h5-18,25-27,33,44,48,51-52,55-56,60,71-72H,19-24,28-32H2,1-4H3,(H,63,69)(H,64,73)(H,65,76)/t33-,48?,51?,52?,55?,56?,60-/m1/s1. The third-order valence-corrected chi connectivity index (χ3v) is 16.6. The van der Waals surface area contributed by atoms with Crippen molar-refractivity contribution in [2.75, 3.05) is 77.1 Å². The maximum atomic E-state index is 14.3. The van der Waals surface area contributed by atoms with Gasteiger partial charge in [0.2, 0.25) is 23.6 Å². The number of amides is 5. The van der Waals surface area contributed by atoms with E-state index in [-0.39, 0.29) is 112 Å². The number of nitrogens with zero attached hydrogens (tertiary/aromatic N) is 1. The number of benzene rings is 5. The van der Waals surface area contributed by atoms with Gasteiger partial charge in [-0.15, -0.1) is 11.8 Å². The molecule has 0 radical (unpaired) electrons. The van der Waals surface area contributed by atoms with E-state index in [4.69, 9.17) is 47.4 Å². The maximum absolute atomic E-state index is 14.3. The van der Waals surface area contributed by atoms with Gasteiger partial charge in [-0.3, -0.25) is 28.8 Å². The Bertz CT molecular complexity index is 3360.